The molecule has 3 rings (SSSR count). The van der Waals surface area contributed by atoms with E-state index in [1.54, 1.807) is 0 Å². The van der Waals surface area contributed by atoms with E-state index in [1.807, 2.05) is 0 Å². The van der Waals surface area contributed by atoms with E-state index in [0.29, 0.717) is 0 Å². The summed E-state index contributed by atoms with van der Waals surface area (Å²) in [7, 11) is -0.427. The summed E-state index contributed by atoms with van der Waals surface area (Å²) in [5.74, 6) is 0. The summed E-state index contributed by atoms with van der Waals surface area (Å²) >= 11 is 0. The molecule has 0 aliphatic heterocycles. The summed E-state index contributed by atoms with van der Waals surface area (Å²) in [6.45, 7) is 14.4. The van der Waals surface area contributed by atoms with Gasteiger partial charge in [-0.1, -0.05) is 128 Å². The highest BCUT2D eigenvalue weighted by atomic mass is 31.1. The Morgan fingerprint density at radius 2 is 0.852 bits per heavy atom. The van der Waals surface area contributed by atoms with Crippen LogP contribution in [0.3, 0.4) is 0 Å². The highest BCUT2D eigenvalue weighted by Gasteiger charge is 2.38. The van der Waals surface area contributed by atoms with Crippen LogP contribution in [0.1, 0.15) is 41.5 Å². The Hall–Kier alpha value is -1.91. The topological polar surface area (TPSA) is 0 Å². The van der Waals surface area contributed by atoms with Crippen molar-refractivity contribution in [1.29, 1.82) is 0 Å². The Kier molecular flexibility index (Phi) is 5.59. The van der Waals surface area contributed by atoms with Gasteiger partial charge >= 0.3 is 0 Å². The molecular formula is C26H31P. The third-order valence-electron chi connectivity index (χ3n) is 4.77. The number of rotatable bonds is 3. The molecular weight excluding hydrogens is 343 g/mol. The fourth-order valence-corrected chi connectivity index (χ4v) is 8.41. The van der Waals surface area contributed by atoms with E-state index < -0.39 is 7.92 Å². The van der Waals surface area contributed by atoms with Crippen LogP contribution in [0.15, 0.2) is 78.9 Å². The average Bonchev–Trinajstić information content (AvgIpc) is 2.61. The minimum absolute atomic E-state index is 0.210. The zero-order chi connectivity index (χ0) is 19.7. The molecule has 3 aromatic rings. The first-order valence-electron chi connectivity index (χ1n) is 9.74. The lowest BCUT2D eigenvalue weighted by atomic mass is 9.99. The molecule has 0 saturated carbocycles. The minimum atomic E-state index is -0.427. The van der Waals surface area contributed by atoms with E-state index in [0.717, 1.165) is 0 Å². The molecule has 0 aliphatic carbocycles. The average molecular weight is 375 g/mol. The molecule has 140 valence electrons. The molecule has 0 amide bonds. The third kappa shape index (κ3) is 4.33. The zero-order valence-electron chi connectivity index (χ0n) is 17.5. The molecule has 0 radical (unpaired) electrons. The van der Waals surface area contributed by atoms with Crippen LogP contribution in [0.2, 0.25) is 0 Å². The van der Waals surface area contributed by atoms with Crippen LogP contribution in [0.25, 0.3) is 22.3 Å². The van der Waals surface area contributed by atoms with Gasteiger partial charge in [0.2, 0.25) is 0 Å². The van der Waals surface area contributed by atoms with Gasteiger partial charge in [-0.15, -0.1) is 0 Å². The van der Waals surface area contributed by atoms with E-state index in [9.17, 15) is 0 Å². The second-order valence-electron chi connectivity index (χ2n) is 9.11. The molecule has 0 heterocycles. The van der Waals surface area contributed by atoms with Crippen molar-refractivity contribution in [2.45, 2.75) is 51.9 Å². The van der Waals surface area contributed by atoms with E-state index >= 15 is 0 Å². The Balaban J connectivity index is 2.38. The maximum absolute atomic E-state index is 2.40. The molecule has 0 aromatic heterocycles. The molecule has 27 heavy (non-hydrogen) atoms. The monoisotopic (exact) mass is 374 g/mol. The first-order chi connectivity index (χ1) is 12.7. The molecule has 0 spiro atoms. The van der Waals surface area contributed by atoms with Crippen molar-refractivity contribution in [3.05, 3.63) is 78.9 Å². The van der Waals surface area contributed by atoms with Crippen molar-refractivity contribution in [2.75, 3.05) is 0 Å². The summed E-state index contributed by atoms with van der Waals surface area (Å²) in [6.07, 6.45) is 0. The molecule has 0 aliphatic rings. The van der Waals surface area contributed by atoms with Gasteiger partial charge in [0.1, 0.15) is 0 Å². The highest BCUT2D eigenvalue weighted by Crippen LogP contribution is 2.60. The van der Waals surface area contributed by atoms with E-state index in [-0.39, 0.29) is 10.3 Å². The van der Waals surface area contributed by atoms with Crippen molar-refractivity contribution >= 4 is 13.2 Å². The standard InChI is InChI=1S/C26H31P/c1-25(2,3)27(26(4,5)6)24-22(20-14-9-7-10-15-20)18-13-19-23(24)21-16-11-8-12-17-21/h7-19H,1-6H3. The lowest BCUT2D eigenvalue weighted by Gasteiger charge is -2.43. The highest BCUT2D eigenvalue weighted by molar-refractivity contribution is 7.69. The zero-order valence-corrected chi connectivity index (χ0v) is 18.3. The summed E-state index contributed by atoms with van der Waals surface area (Å²) in [4.78, 5) is 0. The summed E-state index contributed by atoms with van der Waals surface area (Å²) in [6, 6.07) is 28.6. The van der Waals surface area contributed by atoms with Crippen LogP contribution < -0.4 is 5.30 Å². The molecule has 1 heteroatoms. The van der Waals surface area contributed by atoms with Gasteiger partial charge < -0.3 is 0 Å². The quantitative estimate of drug-likeness (QED) is 0.412. The molecule has 0 N–H and O–H groups in total. The van der Waals surface area contributed by atoms with Gasteiger partial charge in [-0.3, -0.25) is 0 Å². The molecule has 0 unspecified atom stereocenters. The molecule has 3 aromatic carbocycles. The van der Waals surface area contributed by atoms with Gasteiger partial charge in [-0.05, 0) is 37.9 Å². The third-order valence-corrected chi connectivity index (χ3v) is 8.38. The second-order valence-corrected chi connectivity index (χ2v) is 12.9. The summed E-state index contributed by atoms with van der Waals surface area (Å²) in [5, 5.41) is 1.95. The number of hydrogen-bond acceptors (Lipinski definition) is 0. The second kappa shape index (κ2) is 7.61. The Bertz CT molecular complexity index is 809. The fourth-order valence-electron chi connectivity index (χ4n) is 4.16. The van der Waals surface area contributed by atoms with Crippen LogP contribution in [0, 0.1) is 0 Å². The SMILES string of the molecule is CC(C)(C)P(c1c(-c2ccccc2)cccc1-c1ccccc1)C(C)(C)C. The van der Waals surface area contributed by atoms with Crippen LogP contribution in [-0.4, -0.2) is 10.3 Å². The van der Waals surface area contributed by atoms with Crippen LogP contribution in [-0.2, 0) is 0 Å². The normalized spacial score (nSPS) is 12.4. The van der Waals surface area contributed by atoms with E-state index in [1.165, 1.54) is 27.6 Å². The number of hydrogen-bond donors (Lipinski definition) is 0. The summed E-state index contributed by atoms with van der Waals surface area (Å²) < 4.78 is 0. The molecule has 0 atom stereocenters. The first-order valence-corrected chi connectivity index (χ1v) is 11.1. The largest absolute Gasteiger partial charge is 0.0629 e. The molecule has 0 saturated heterocycles. The van der Waals surface area contributed by atoms with Crippen molar-refractivity contribution in [2.24, 2.45) is 0 Å². The predicted molar refractivity (Wildman–Crippen MR) is 123 cm³/mol. The molecule has 0 nitrogen and oxygen atoms in total. The lowest BCUT2D eigenvalue weighted by Crippen LogP contribution is -2.32. The van der Waals surface area contributed by atoms with Crippen molar-refractivity contribution in [1.82, 2.24) is 0 Å². The fraction of sp³-hybridized carbons (Fsp3) is 0.308. The van der Waals surface area contributed by atoms with Gasteiger partial charge in [0.25, 0.3) is 0 Å². The summed E-state index contributed by atoms with van der Waals surface area (Å²) in [5.41, 5.74) is 5.39. The van der Waals surface area contributed by atoms with E-state index in [4.69, 9.17) is 0 Å². The van der Waals surface area contributed by atoms with Gasteiger partial charge in [0, 0.05) is 0 Å². The maximum Gasteiger partial charge on any atom is -0.00739 e. The van der Waals surface area contributed by atoms with Crippen molar-refractivity contribution in [3.63, 3.8) is 0 Å². The van der Waals surface area contributed by atoms with Crippen LogP contribution >= 0.6 is 7.92 Å². The van der Waals surface area contributed by atoms with Gasteiger partial charge in [0.05, 0.1) is 0 Å². The van der Waals surface area contributed by atoms with Gasteiger partial charge in [0.15, 0.2) is 0 Å². The van der Waals surface area contributed by atoms with Gasteiger partial charge in [-0.2, -0.15) is 0 Å². The molecule has 0 bridgehead atoms. The first kappa shape index (κ1) is 19.8. The van der Waals surface area contributed by atoms with Crippen LogP contribution in [0.5, 0.6) is 0 Å². The maximum atomic E-state index is 2.40. The smallest absolute Gasteiger partial charge is 0.00739 e. The Morgan fingerprint density at radius 1 is 0.481 bits per heavy atom. The lowest BCUT2D eigenvalue weighted by molar-refractivity contribution is 0.715. The minimum Gasteiger partial charge on any atom is -0.0629 e. The Labute approximate surface area is 166 Å². The molecule has 0 fully saturated rings. The van der Waals surface area contributed by atoms with Crippen molar-refractivity contribution in [3.8, 4) is 22.3 Å². The van der Waals surface area contributed by atoms with Crippen molar-refractivity contribution < 1.29 is 0 Å². The van der Waals surface area contributed by atoms with E-state index in [2.05, 4.69) is 120 Å². The van der Waals surface area contributed by atoms with Crippen LogP contribution in [0.4, 0.5) is 0 Å². The van der Waals surface area contributed by atoms with Gasteiger partial charge in [-0.25, -0.2) is 0 Å². The predicted octanol–water partition coefficient (Wildman–Crippen LogP) is 7.72. The number of benzene rings is 3. The Morgan fingerprint density at radius 3 is 1.19 bits per heavy atom.